The number of unbranched alkanes of at least 4 members (excludes halogenated alkanes) is 36. The third-order valence-electron chi connectivity index (χ3n) is 11.3. The van der Waals surface area contributed by atoms with Gasteiger partial charge in [-0.15, -0.1) is 0 Å². The number of carbonyl (C=O) groups is 1. The predicted octanol–water partition coefficient (Wildman–Crippen LogP) is 15.3. The molecule has 0 aliphatic rings. The molecule has 0 aliphatic carbocycles. The highest BCUT2D eigenvalue weighted by Gasteiger charge is 2.25. The first-order chi connectivity index (χ1) is 27.9. The van der Waals surface area contributed by atoms with Gasteiger partial charge in [0.1, 0.15) is 6.10 Å². The van der Waals surface area contributed by atoms with Crippen molar-refractivity contribution in [3.8, 4) is 0 Å². The first kappa shape index (κ1) is 56.5. The van der Waals surface area contributed by atoms with E-state index in [0.717, 1.165) is 32.1 Å². The fraction of sp³-hybridized carbons (Fsp3) is 0.979. The highest BCUT2D eigenvalue weighted by molar-refractivity contribution is 7.47. The Morgan fingerprint density at radius 3 is 1.11 bits per heavy atom. The van der Waals surface area contributed by atoms with E-state index < -0.39 is 13.9 Å². The maximum Gasteiger partial charge on any atom is 0.472 e. The number of hydrogen-bond acceptors (Lipinski definition) is 7. The average Bonchev–Trinajstić information content (AvgIpc) is 3.20. The zero-order chi connectivity index (χ0) is 41.6. The molecule has 0 radical (unpaired) electrons. The molecule has 0 aromatic carbocycles. The van der Waals surface area contributed by atoms with Crippen molar-refractivity contribution in [2.45, 2.75) is 270 Å². The van der Waals surface area contributed by atoms with Crippen molar-refractivity contribution in [1.29, 1.82) is 0 Å². The Morgan fingerprint density at radius 1 is 0.456 bits per heavy atom. The Bertz CT molecular complexity index is 848. The molecule has 0 spiro atoms. The summed E-state index contributed by atoms with van der Waals surface area (Å²) in [4.78, 5) is 22.6. The number of rotatable bonds is 49. The Kier molecular flexibility index (Phi) is 46.2. The zero-order valence-electron chi connectivity index (χ0n) is 38.1. The summed E-state index contributed by atoms with van der Waals surface area (Å²) in [6.07, 6.45) is 49.9. The quantitative estimate of drug-likeness (QED) is 0.0354. The summed E-state index contributed by atoms with van der Waals surface area (Å²) in [5.41, 5.74) is 5.39. The molecule has 9 heteroatoms. The number of carbonyl (C=O) groups excluding carboxylic acids is 1. The maximum absolute atomic E-state index is 12.6. The molecule has 2 unspecified atom stereocenters. The number of phosphoric acid groups is 1. The second kappa shape index (κ2) is 46.6. The molecule has 0 saturated heterocycles. The molecule has 2 atom stereocenters. The van der Waals surface area contributed by atoms with Crippen LogP contribution in [0.4, 0.5) is 0 Å². The van der Waals surface area contributed by atoms with Gasteiger partial charge in [0, 0.05) is 19.6 Å². The van der Waals surface area contributed by atoms with Crippen LogP contribution in [0.2, 0.25) is 0 Å². The fourth-order valence-corrected chi connectivity index (χ4v) is 8.35. The molecule has 342 valence electrons. The lowest BCUT2D eigenvalue weighted by Gasteiger charge is -2.20. The highest BCUT2D eigenvalue weighted by Crippen LogP contribution is 2.43. The van der Waals surface area contributed by atoms with E-state index in [-0.39, 0.29) is 32.3 Å². The van der Waals surface area contributed by atoms with Crippen LogP contribution >= 0.6 is 7.82 Å². The molecule has 3 N–H and O–H groups in total. The molecule has 0 fully saturated rings. The first-order valence-electron chi connectivity index (χ1n) is 25.0. The van der Waals surface area contributed by atoms with Gasteiger partial charge in [-0.3, -0.25) is 13.8 Å². The number of phosphoric ester groups is 1. The van der Waals surface area contributed by atoms with E-state index in [1.165, 1.54) is 212 Å². The van der Waals surface area contributed by atoms with Crippen LogP contribution in [-0.2, 0) is 27.9 Å². The Balaban J connectivity index is 3.89. The monoisotopic (exact) mass is 832 g/mol. The fourth-order valence-electron chi connectivity index (χ4n) is 7.59. The SMILES string of the molecule is CCCCCCCCCCCCCCCCCCCCCOCC(COP(=O)(O)OCCN)OC(=O)CCCCCCCCCCCCCCCCCCCCC. The van der Waals surface area contributed by atoms with Gasteiger partial charge < -0.3 is 20.1 Å². The van der Waals surface area contributed by atoms with E-state index in [1.807, 2.05) is 0 Å². The van der Waals surface area contributed by atoms with Crippen molar-refractivity contribution in [2.24, 2.45) is 5.73 Å². The highest BCUT2D eigenvalue weighted by atomic mass is 31.2. The van der Waals surface area contributed by atoms with Gasteiger partial charge in [-0.05, 0) is 12.8 Å². The van der Waals surface area contributed by atoms with Crippen LogP contribution in [0.1, 0.15) is 264 Å². The molecule has 0 aromatic heterocycles. The number of ether oxygens (including phenoxy) is 2. The van der Waals surface area contributed by atoms with Gasteiger partial charge >= 0.3 is 13.8 Å². The Labute approximate surface area is 354 Å². The van der Waals surface area contributed by atoms with Crippen LogP contribution in [-0.4, -0.2) is 49.9 Å². The number of esters is 1. The summed E-state index contributed by atoms with van der Waals surface area (Å²) in [6.45, 7) is 5.01. The average molecular weight is 832 g/mol. The van der Waals surface area contributed by atoms with Crippen molar-refractivity contribution in [3.05, 3.63) is 0 Å². The summed E-state index contributed by atoms with van der Waals surface area (Å²) in [5.74, 6) is -0.321. The van der Waals surface area contributed by atoms with Crippen LogP contribution in [0.5, 0.6) is 0 Å². The smallest absolute Gasteiger partial charge is 0.457 e. The third kappa shape index (κ3) is 46.4. The molecule has 0 amide bonds. The molecule has 0 saturated carbocycles. The van der Waals surface area contributed by atoms with Crippen molar-refractivity contribution in [3.63, 3.8) is 0 Å². The van der Waals surface area contributed by atoms with E-state index in [9.17, 15) is 14.3 Å². The summed E-state index contributed by atoms with van der Waals surface area (Å²) >= 11 is 0. The predicted molar refractivity (Wildman–Crippen MR) is 243 cm³/mol. The standard InChI is InChI=1S/C48H98NO7P/c1-3-5-7-9-11-13-15-17-19-21-23-25-27-29-31-33-35-37-39-41-48(50)56-47(46-55-57(51,52)54-44-42-49)45-53-43-40-38-36-34-32-30-28-26-24-22-20-18-16-14-12-10-8-6-4-2/h47H,3-46,49H2,1-2H3,(H,51,52). The summed E-state index contributed by atoms with van der Waals surface area (Å²) in [6, 6.07) is 0. The van der Waals surface area contributed by atoms with Crippen LogP contribution in [0, 0.1) is 0 Å². The number of nitrogens with two attached hydrogens (primary N) is 1. The lowest BCUT2D eigenvalue weighted by atomic mass is 10.0. The minimum Gasteiger partial charge on any atom is -0.457 e. The van der Waals surface area contributed by atoms with Gasteiger partial charge in [-0.25, -0.2) is 4.57 Å². The van der Waals surface area contributed by atoms with Crippen LogP contribution in [0.15, 0.2) is 0 Å². The molecule has 0 heterocycles. The maximum atomic E-state index is 12.6. The van der Waals surface area contributed by atoms with E-state index in [0.29, 0.717) is 13.0 Å². The van der Waals surface area contributed by atoms with Crippen molar-refractivity contribution in [1.82, 2.24) is 0 Å². The van der Waals surface area contributed by atoms with Crippen molar-refractivity contribution in [2.75, 3.05) is 33.0 Å². The Morgan fingerprint density at radius 2 is 0.772 bits per heavy atom. The lowest BCUT2D eigenvalue weighted by molar-refractivity contribution is -0.154. The summed E-state index contributed by atoms with van der Waals surface area (Å²) in [7, 11) is -4.27. The molecule has 0 aromatic rings. The zero-order valence-corrected chi connectivity index (χ0v) is 39.0. The lowest BCUT2D eigenvalue weighted by Crippen LogP contribution is -2.28. The first-order valence-corrected chi connectivity index (χ1v) is 26.5. The van der Waals surface area contributed by atoms with Gasteiger partial charge in [-0.2, -0.15) is 0 Å². The molecule has 57 heavy (non-hydrogen) atoms. The van der Waals surface area contributed by atoms with Gasteiger partial charge in [0.2, 0.25) is 0 Å². The molecule has 0 bridgehead atoms. The minimum atomic E-state index is -4.27. The largest absolute Gasteiger partial charge is 0.472 e. The van der Waals surface area contributed by atoms with E-state index in [1.54, 1.807) is 0 Å². The van der Waals surface area contributed by atoms with E-state index >= 15 is 0 Å². The third-order valence-corrected chi connectivity index (χ3v) is 12.3. The molecule has 0 rings (SSSR count). The molecular weight excluding hydrogens is 734 g/mol. The van der Waals surface area contributed by atoms with Gasteiger partial charge in [0.05, 0.1) is 19.8 Å². The van der Waals surface area contributed by atoms with Crippen molar-refractivity contribution < 1.29 is 32.8 Å². The van der Waals surface area contributed by atoms with Crippen LogP contribution in [0.25, 0.3) is 0 Å². The van der Waals surface area contributed by atoms with Crippen LogP contribution in [0.3, 0.4) is 0 Å². The molecule has 0 aliphatic heterocycles. The summed E-state index contributed by atoms with van der Waals surface area (Å²) < 4.78 is 33.6. The molecule has 8 nitrogen and oxygen atoms in total. The molecular formula is C48H98NO7P. The second-order valence-electron chi connectivity index (χ2n) is 17.1. The van der Waals surface area contributed by atoms with Gasteiger partial charge in [0.25, 0.3) is 0 Å². The minimum absolute atomic E-state index is 0.0897. The van der Waals surface area contributed by atoms with Crippen molar-refractivity contribution >= 4 is 13.8 Å². The topological polar surface area (TPSA) is 117 Å². The van der Waals surface area contributed by atoms with Gasteiger partial charge in [-0.1, -0.05) is 245 Å². The second-order valence-corrected chi connectivity index (χ2v) is 18.5. The van der Waals surface area contributed by atoms with Gasteiger partial charge in [0.15, 0.2) is 0 Å². The summed E-state index contributed by atoms with van der Waals surface area (Å²) in [5, 5.41) is 0. The van der Waals surface area contributed by atoms with E-state index in [2.05, 4.69) is 13.8 Å². The van der Waals surface area contributed by atoms with Crippen LogP contribution < -0.4 is 5.73 Å². The number of hydrogen-bond donors (Lipinski definition) is 2. The van der Waals surface area contributed by atoms with E-state index in [4.69, 9.17) is 24.3 Å². The Hall–Kier alpha value is -0.500. The normalized spacial score (nSPS) is 13.3.